The van der Waals surface area contributed by atoms with Crippen LogP contribution < -0.4 is 5.73 Å². The van der Waals surface area contributed by atoms with Gasteiger partial charge in [0.05, 0.1) is 16.1 Å². The van der Waals surface area contributed by atoms with E-state index in [4.69, 9.17) is 17.3 Å². The van der Waals surface area contributed by atoms with Gasteiger partial charge in [0.15, 0.2) is 0 Å². The lowest BCUT2D eigenvalue weighted by Gasteiger charge is -2.11. The maximum atomic E-state index is 12.5. The Morgan fingerprint density at radius 3 is 2.15 bits per heavy atom. The Balaban J connectivity index is 2.53. The molecule has 0 unspecified atom stereocenters. The third kappa shape index (κ3) is 2.77. The van der Waals surface area contributed by atoms with E-state index in [2.05, 4.69) is 0 Å². The number of rotatable bonds is 2. The summed E-state index contributed by atoms with van der Waals surface area (Å²) in [5, 5.41) is 0.162. The van der Waals surface area contributed by atoms with Gasteiger partial charge in [-0.25, -0.2) is 0 Å². The quantitative estimate of drug-likeness (QED) is 0.890. The molecule has 0 saturated heterocycles. The van der Waals surface area contributed by atoms with Gasteiger partial charge in [-0.05, 0) is 29.3 Å². The highest BCUT2D eigenvalue weighted by Crippen LogP contribution is 2.33. The number of hydrogen-bond acceptors (Lipinski definition) is 1. The largest absolute Gasteiger partial charge is 0.416 e. The fourth-order valence-corrected chi connectivity index (χ4v) is 2.12. The normalized spacial score (nSPS) is 11.4. The molecule has 0 heterocycles. The highest BCUT2D eigenvalue weighted by Gasteiger charge is 2.30. The van der Waals surface area contributed by atoms with E-state index in [1.165, 1.54) is 18.2 Å². The average Bonchev–Trinajstić information content (AvgIpc) is 2.37. The second-order valence-corrected chi connectivity index (χ2v) is 4.51. The average molecular weight is 300 g/mol. The summed E-state index contributed by atoms with van der Waals surface area (Å²) in [6.45, 7) is 0. The van der Waals surface area contributed by atoms with Crippen LogP contribution in [0.2, 0.25) is 5.02 Å². The van der Waals surface area contributed by atoms with E-state index in [9.17, 15) is 18.0 Å². The molecule has 104 valence electrons. The maximum Gasteiger partial charge on any atom is 0.416 e. The topological polar surface area (TPSA) is 43.1 Å². The van der Waals surface area contributed by atoms with E-state index in [1.54, 1.807) is 12.1 Å². The van der Waals surface area contributed by atoms with E-state index in [-0.39, 0.29) is 10.6 Å². The van der Waals surface area contributed by atoms with Crippen molar-refractivity contribution in [1.82, 2.24) is 0 Å². The number of amides is 1. The van der Waals surface area contributed by atoms with Crippen LogP contribution in [0.15, 0.2) is 42.5 Å². The Hall–Kier alpha value is -2.01. The third-order valence-corrected chi connectivity index (χ3v) is 3.10. The van der Waals surface area contributed by atoms with Gasteiger partial charge < -0.3 is 5.73 Å². The zero-order valence-corrected chi connectivity index (χ0v) is 10.8. The number of benzene rings is 2. The minimum absolute atomic E-state index is 0.0916. The molecule has 2 N–H and O–H groups in total. The van der Waals surface area contributed by atoms with Crippen LogP contribution in [0.3, 0.4) is 0 Å². The number of alkyl halides is 3. The molecule has 1 amide bonds. The summed E-state index contributed by atoms with van der Waals surface area (Å²) in [7, 11) is 0. The van der Waals surface area contributed by atoms with Crippen molar-refractivity contribution in [2.24, 2.45) is 5.73 Å². The molecule has 0 aliphatic carbocycles. The molecule has 0 bridgehead atoms. The van der Waals surface area contributed by atoms with Gasteiger partial charge in [0.2, 0.25) is 0 Å². The Bertz CT molecular complexity index is 650. The Labute approximate surface area is 118 Å². The van der Waals surface area contributed by atoms with Gasteiger partial charge in [0, 0.05) is 0 Å². The first kappa shape index (κ1) is 14.4. The van der Waals surface area contributed by atoms with Crippen LogP contribution >= 0.6 is 11.6 Å². The maximum absolute atomic E-state index is 12.5. The van der Waals surface area contributed by atoms with Crippen LogP contribution in [0, 0.1) is 0 Å². The second kappa shape index (κ2) is 5.17. The van der Waals surface area contributed by atoms with Gasteiger partial charge in [-0.3, -0.25) is 4.79 Å². The Kier molecular flexibility index (Phi) is 3.72. The summed E-state index contributed by atoms with van der Waals surface area (Å²) >= 11 is 5.90. The minimum atomic E-state index is -4.40. The zero-order chi connectivity index (χ0) is 14.9. The SMILES string of the molecule is NC(=O)c1c(Cl)cccc1-c1ccc(C(F)(F)F)cc1. The van der Waals surface area contributed by atoms with Crippen LogP contribution in [0.1, 0.15) is 15.9 Å². The number of primary amides is 1. The van der Waals surface area contributed by atoms with Crippen molar-refractivity contribution in [2.45, 2.75) is 6.18 Å². The molecule has 0 spiro atoms. The molecule has 0 saturated carbocycles. The van der Waals surface area contributed by atoms with Gasteiger partial charge in [0.1, 0.15) is 0 Å². The summed E-state index contributed by atoms with van der Waals surface area (Å²) in [5.41, 5.74) is 5.42. The molecule has 2 aromatic rings. The summed E-state index contributed by atoms with van der Waals surface area (Å²) in [5.74, 6) is -0.731. The van der Waals surface area contributed by atoms with E-state index in [1.807, 2.05) is 0 Å². The smallest absolute Gasteiger partial charge is 0.366 e. The highest BCUT2D eigenvalue weighted by atomic mass is 35.5. The summed E-state index contributed by atoms with van der Waals surface area (Å²) in [4.78, 5) is 11.4. The predicted molar refractivity (Wildman–Crippen MR) is 70.4 cm³/mol. The van der Waals surface area contributed by atoms with Gasteiger partial charge >= 0.3 is 6.18 Å². The first-order chi connectivity index (χ1) is 9.30. The zero-order valence-electron chi connectivity index (χ0n) is 10.0. The molecule has 6 heteroatoms. The number of nitrogens with two attached hydrogens (primary N) is 1. The summed E-state index contributed by atoms with van der Waals surface area (Å²) < 4.78 is 37.5. The summed E-state index contributed by atoms with van der Waals surface area (Å²) in [6, 6.07) is 9.12. The molecule has 0 aromatic heterocycles. The van der Waals surface area contributed by atoms with E-state index in [0.717, 1.165) is 12.1 Å². The predicted octanol–water partition coefficient (Wildman–Crippen LogP) is 4.12. The van der Waals surface area contributed by atoms with Gasteiger partial charge in [-0.1, -0.05) is 35.9 Å². The molecule has 20 heavy (non-hydrogen) atoms. The summed E-state index contributed by atoms with van der Waals surface area (Å²) in [6.07, 6.45) is -4.40. The van der Waals surface area contributed by atoms with Gasteiger partial charge in [-0.2, -0.15) is 13.2 Å². The van der Waals surface area contributed by atoms with Crippen molar-refractivity contribution in [2.75, 3.05) is 0 Å². The molecule has 0 aliphatic heterocycles. The van der Waals surface area contributed by atoms with Crippen LogP contribution in [0.5, 0.6) is 0 Å². The van der Waals surface area contributed by atoms with Crippen molar-refractivity contribution in [3.63, 3.8) is 0 Å². The Morgan fingerprint density at radius 2 is 1.65 bits per heavy atom. The van der Waals surface area contributed by atoms with Crippen molar-refractivity contribution in [3.8, 4) is 11.1 Å². The Morgan fingerprint density at radius 1 is 1.05 bits per heavy atom. The highest BCUT2D eigenvalue weighted by molar-refractivity contribution is 6.34. The fourth-order valence-electron chi connectivity index (χ4n) is 1.85. The number of carbonyl (C=O) groups excluding carboxylic acids is 1. The lowest BCUT2D eigenvalue weighted by molar-refractivity contribution is -0.137. The minimum Gasteiger partial charge on any atom is -0.366 e. The number of halogens is 4. The first-order valence-corrected chi connectivity index (χ1v) is 5.94. The van der Waals surface area contributed by atoms with E-state index < -0.39 is 17.6 Å². The standard InChI is InChI=1S/C14H9ClF3NO/c15-11-3-1-2-10(12(11)13(19)20)8-4-6-9(7-5-8)14(16,17)18/h1-7H,(H2,19,20). The molecule has 2 aromatic carbocycles. The van der Waals surface area contributed by atoms with Crippen molar-refractivity contribution >= 4 is 17.5 Å². The van der Waals surface area contributed by atoms with Crippen LogP contribution in [-0.2, 0) is 6.18 Å². The first-order valence-electron chi connectivity index (χ1n) is 5.56. The van der Waals surface area contributed by atoms with Crippen molar-refractivity contribution < 1.29 is 18.0 Å². The third-order valence-electron chi connectivity index (χ3n) is 2.78. The lowest BCUT2D eigenvalue weighted by Crippen LogP contribution is -2.13. The molecular weight excluding hydrogens is 291 g/mol. The molecule has 2 rings (SSSR count). The second-order valence-electron chi connectivity index (χ2n) is 4.10. The lowest BCUT2D eigenvalue weighted by atomic mass is 9.98. The van der Waals surface area contributed by atoms with Crippen molar-refractivity contribution in [1.29, 1.82) is 0 Å². The molecule has 0 radical (unpaired) electrons. The van der Waals surface area contributed by atoms with E-state index >= 15 is 0 Å². The van der Waals surface area contributed by atoms with E-state index in [0.29, 0.717) is 11.1 Å². The van der Waals surface area contributed by atoms with Gasteiger partial charge in [-0.15, -0.1) is 0 Å². The van der Waals surface area contributed by atoms with Crippen LogP contribution in [0.4, 0.5) is 13.2 Å². The monoisotopic (exact) mass is 299 g/mol. The van der Waals surface area contributed by atoms with Crippen molar-refractivity contribution in [3.05, 3.63) is 58.6 Å². The molecular formula is C14H9ClF3NO. The fraction of sp³-hybridized carbons (Fsp3) is 0.0714. The molecule has 0 aliphatic rings. The molecule has 2 nitrogen and oxygen atoms in total. The molecule has 0 fully saturated rings. The number of hydrogen-bond donors (Lipinski definition) is 1. The van der Waals surface area contributed by atoms with Crippen LogP contribution in [-0.4, -0.2) is 5.91 Å². The number of carbonyl (C=O) groups is 1. The van der Waals surface area contributed by atoms with Crippen LogP contribution in [0.25, 0.3) is 11.1 Å². The van der Waals surface area contributed by atoms with Gasteiger partial charge in [0.25, 0.3) is 5.91 Å². The molecule has 0 atom stereocenters.